The van der Waals surface area contributed by atoms with E-state index < -0.39 is 0 Å². The molecular weight excluding hydrogens is 511 g/mol. The van der Waals surface area contributed by atoms with Gasteiger partial charge in [-0.05, 0) is 42.5 Å². The molecule has 2 N–H and O–H groups in total. The largest absolute Gasteiger partial charge is 0.497 e. The standard InChI is InChI=1S/C22H26N4O2S.HI/c1-3-23-22(24-12-11-20-8-5-13-29-20)26-16-17-9-10-21(25-15-17)28-19-7-4-6-18(14-19)27-2;/h4-10,13-15H,3,11-12,16H2,1-2H3,(H2,23,24,26);1H. The zero-order chi connectivity index (χ0) is 20.3. The normalized spacial score (nSPS) is 10.8. The molecule has 160 valence electrons. The second-order valence-corrected chi connectivity index (χ2v) is 7.27. The number of halogens is 1. The van der Waals surface area contributed by atoms with E-state index in [1.165, 1.54) is 4.88 Å². The van der Waals surface area contributed by atoms with Crippen LogP contribution in [0, 0.1) is 0 Å². The van der Waals surface area contributed by atoms with Gasteiger partial charge in [0, 0.05) is 36.3 Å². The number of benzene rings is 1. The number of aliphatic imine (C=N–C) groups is 1. The Morgan fingerprint density at radius 1 is 1.10 bits per heavy atom. The summed E-state index contributed by atoms with van der Waals surface area (Å²) in [6.07, 6.45) is 2.77. The Labute approximate surface area is 198 Å². The van der Waals surface area contributed by atoms with Gasteiger partial charge in [0.25, 0.3) is 0 Å². The van der Waals surface area contributed by atoms with Crippen LogP contribution >= 0.6 is 35.3 Å². The molecule has 2 aromatic heterocycles. The van der Waals surface area contributed by atoms with Gasteiger partial charge in [0.1, 0.15) is 11.5 Å². The van der Waals surface area contributed by atoms with Crippen LogP contribution in [0.5, 0.6) is 17.4 Å². The molecular formula is C22H27IN4O2S. The highest BCUT2D eigenvalue weighted by atomic mass is 127. The molecule has 6 nitrogen and oxygen atoms in total. The Morgan fingerprint density at radius 3 is 2.67 bits per heavy atom. The molecule has 0 saturated heterocycles. The van der Waals surface area contributed by atoms with Gasteiger partial charge >= 0.3 is 0 Å². The number of guanidine groups is 1. The summed E-state index contributed by atoms with van der Waals surface area (Å²) in [5.74, 6) is 2.77. The molecule has 8 heteroatoms. The third-order valence-corrected chi connectivity index (χ3v) is 5.01. The SMILES string of the molecule is CCNC(=NCc1ccc(Oc2cccc(OC)c2)nc1)NCCc1cccs1.I. The Balaban J connectivity index is 0.00000320. The van der Waals surface area contributed by atoms with Crippen molar-refractivity contribution in [2.45, 2.75) is 19.9 Å². The zero-order valence-corrected chi connectivity index (χ0v) is 20.3. The number of nitrogens with zero attached hydrogens (tertiary/aromatic N) is 2. The van der Waals surface area contributed by atoms with E-state index in [-0.39, 0.29) is 24.0 Å². The number of hydrogen-bond donors (Lipinski definition) is 2. The molecule has 30 heavy (non-hydrogen) atoms. The molecule has 0 aliphatic rings. The summed E-state index contributed by atoms with van der Waals surface area (Å²) in [4.78, 5) is 10.4. The van der Waals surface area contributed by atoms with Crippen molar-refractivity contribution in [1.82, 2.24) is 15.6 Å². The van der Waals surface area contributed by atoms with Crippen molar-refractivity contribution in [1.29, 1.82) is 0 Å². The quantitative estimate of drug-likeness (QED) is 0.232. The van der Waals surface area contributed by atoms with E-state index in [1.54, 1.807) is 24.6 Å². The van der Waals surface area contributed by atoms with Gasteiger partial charge in [0.15, 0.2) is 5.96 Å². The molecule has 0 aliphatic heterocycles. The molecule has 0 amide bonds. The molecule has 0 bridgehead atoms. The highest BCUT2D eigenvalue weighted by molar-refractivity contribution is 14.0. The van der Waals surface area contributed by atoms with E-state index >= 15 is 0 Å². The van der Waals surface area contributed by atoms with Gasteiger partial charge in [0.2, 0.25) is 5.88 Å². The van der Waals surface area contributed by atoms with Crippen molar-refractivity contribution >= 4 is 41.3 Å². The smallest absolute Gasteiger partial charge is 0.219 e. The summed E-state index contributed by atoms with van der Waals surface area (Å²) in [5, 5.41) is 8.75. The Kier molecular flexibility index (Phi) is 10.4. The van der Waals surface area contributed by atoms with Crippen LogP contribution in [0.4, 0.5) is 0 Å². The maximum atomic E-state index is 5.78. The molecule has 0 fully saturated rings. The summed E-state index contributed by atoms with van der Waals surface area (Å²) in [6, 6.07) is 15.5. The monoisotopic (exact) mass is 538 g/mol. The summed E-state index contributed by atoms with van der Waals surface area (Å²) in [5.41, 5.74) is 1.01. The number of pyridine rings is 1. The van der Waals surface area contributed by atoms with Crippen LogP contribution in [0.1, 0.15) is 17.4 Å². The molecule has 0 unspecified atom stereocenters. The van der Waals surface area contributed by atoms with Gasteiger partial charge in [-0.25, -0.2) is 9.98 Å². The third kappa shape index (κ3) is 7.83. The minimum Gasteiger partial charge on any atom is -0.497 e. The molecule has 0 spiro atoms. The van der Waals surface area contributed by atoms with E-state index in [9.17, 15) is 0 Å². The average molecular weight is 538 g/mol. The number of rotatable bonds is 9. The first-order chi connectivity index (χ1) is 14.3. The molecule has 2 heterocycles. The predicted octanol–water partition coefficient (Wildman–Crippen LogP) is 4.86. The first-order valence-electron chi connectivity index (χ1n) is 9.58. The minimum absolute atomic E-state index is 0. The lowest BCUT2D eigenvalue weighted by molar-refractivity contribution is 0.407. The fourth-order valence-corrected chi connectivity index (χ4v) is 3.33. The maximum Gasteiger partial charge on any atom is 0.219 e. The maximum absolute atomic E-state index is 5.78. The summed E-state index contributed by atoms with van der Waals surface area (Å²) in [7, 11) is 1.63. The van der Waals surface area contributed by atoms with E-state index in [0.29, 0.717) is 18.2 Å². The Hall–Kier alpha value is -2.33. The second-order valence-electron chi connectivity index (χ2n) is 6.24. The van der Waals surface area contributed by atoms with Crippen LogP contribution in [0.3, 0.4) is 0 Å². The van der Waals surface area contributed by atoms with Gasteiger partial charge in [-0.3, -0.25) is 0 Å². The lowest BCUT2D eigenvalue weighted by Crippen LogP contribution is -2.38. The molecule has 1 aromatic carbocycles. The van der Waals surface area contributed by atoms with Crippen molar-refractivity contribution in [3.05, 3.63) is 70.5 Å². The van der Waals surface area contributed by atoms with Crippen molar-refractivity contribution in [3.8, 4) is 17.4 Å². The fraction of sp³-hybridized carbons (Fsp3) is 0.273. The van der Waals surface area contributed by atoms with E-state index in [1.807, 2.05) is 36.4 Å². The first kappa shape index (κ1) is 23.9. The molecule has 0 aliphatic carbocycles. The lowest BCUT2D eigenvalue weighted by atomic mass is 10.3. The minimum atomic E-state index is 0. The highest BCUT2D eigenvalue weighted by Gasteiger charge is 2.02. The van der Waals surface area contributed by atoms with Crippen LogP contribution in [0.25, 0.3) is 0 Å². The summed E-state index contributed by atoms with van der Waals surface area (Å²) < 4.78 is 11.0. The molecule has 0 atom stereocenters. The van der Waals surface area contributed by atoms with E-state index in [0.717, 1.165) is 36.8 Å². The number of hydrogen-bond acceptors (Lipinski definition) is 5. The second kappa shape index (κ2) is 13.1. The number of aromatic nitrogens is 1. The number of nitrogens with one attached hydrogen (secondary N) is 2. The van der Waals surface area contributed by atoms with Crippen LogP contribution in [0.2, 0.25) is 0 Å². The topological polar surface area (TPSA) is 67.8 Å². The predicted molar refractivity (Wildman–Crippen MR) is 134 cm³/mol. The van der Waals surface area contributed by atoms with Gasteiger partial charge in [-0.15, -0.1) is 35.3 Å². The van der Waals surface area contributed by atoms with Crippen molar-refractivity contribution in [2.75, 3.05) is 20.2 Å². The third-order valence-electron chi connectivity index (χ3n) is 4.07. The number of thiophene rings is 1. The Bertz CT molecular complexity index is 902. The van der Waals surface area contributed by atoms with Crippen molar-refractivity contribution in [3.63, 3.8) is 0 Å². The molecule has 0 saturated carbocycles. The van der Waals surface area contributed by atoms with E-state index in [2.05, 4.69) is 45.0 Å². The van der Waals surface area contributed by atoms with Crippen LogP contribution in [-0.2, 0) is 13.0 Å². The van der Waals surface area contributed by atoms with Crippen LogP contribution in [-0.4, -0.2) is 31.1 Å². The zero-order valence-electron chi connectivity index (χ0n) is 17.1. The van der Waals surface area contributed by atoms with Gasteiger partial charge < -0.3 is 20.1 Å². The summed E-state index contributed by atoms with van der Waals surface area (Å²) in [6.45, 7) is 4.26. The summed E-state index contributed by atoms with van der Waals surface area (Å²) >= 11 is 1.77. The van der Waals surface area contributed by atoms with Crippen LogP contribution in [0.15, 0.2) is 65.1 Å². The molecule has 0 radical (unpaired) electrons. The lowest BCUT2D eigenvalue weighted by Gasteiger charge is -2.11. The molecule has 3 rings (SSSR count). The highest BCUT2D eigenvalue weighted by Crippen LogP contribution is 2.23. The van der Waals surface area contributed by atoms with Gasteiger partial charge in [-0.2, -0.15) is 0 Å². The first-order valence-corrected chi connectivity index (χ1v) is 10.5. The fourth-order valence-electron chi connectivity index (χ4n) is 2.62. The average Bonchev–Trinajstić information content (AvgIpc) is 3.27. The Morgan fingerprint density at radius 2 is 1.97 bits per heavy atom. The van der Waals surface area contributed by atoms with Gasteiger partial charge in [-0.1, -0.05) is 18.2 Å². The van der Waals surface area contributed by atoms with E-state index in [4.69, 9.17) is 9.47 Å². The number of methoxy groups -OCH3 is 1. The number of ether oxygens (including phenoxy) is 2. The van der Waals surface area contributed by atoms with Gasteiger partial charge in [0.05, 0.1) is 13.7 Å². The van der Waals surface area contributed by atoms with Crippen LogP contribution < -0.4 is 20.1 Å². The van der Waals surface area contributed by atoms with Crippen molar-refractivity contribution < 1.29 is 9.47 Å². The van der Waals surface area contributed by atoms with Crippen molar-refractivity contribution in [2.24, 2.45) is 4.99 Å². The molecule has 3 aromatic rings.